The number of hydrogen-bond donors (Lipinski definition) is 1. The number of pyridine rings is 1. The van der Waals surface area contributed by atoms with Gasteiger partial charge in [0.2, 0.25) is 0 Å². The number of rotatable bonds is 5. The number of anilines is 1. The first-order valence-electron chi connectivity index (χ1n) is 8.01. The highest BCUT2D eigenvalue weighted by molar-refractivity contribution is 6.06. The summed E-state index contributed by atoms with van der Waals surface area (Å²) in [7, 11) is 0. The van der Waals surface area contributed by atoms with Crippen LogP contribution in [0.2, 0.25) is 0 Å². The normalized spacial score (nSPS) is 10.7. The molecule has 0 atom stereocenters. The van der Waals surface area contributed by atoms with Crippen LogP contribution in [0.3, 0.4) is 0 Å². The lowest BCUT2D eigenvalue weighted by atomic mass is 10.1. The Labute approximate surface area is 136 Å². The van der Waals surface area contributed by atoms with Crippen molar-refractivity contribution in [2.45, 2.75) is 26.2 Å². The summed E-state index contributed by atoms with van der Waals surface area (Å²) in [5.41, 5.74) is 3.66. The topological polar surface area (TPSA) is 42.0 Å². The molecule has 3 aromatic rings. The van der Waals surface area contributed by atoms with Gasteiger partial charge in [0.05, 0.1) is 5.52 Å². The monoisotopic (exact) mass is 304 g/mol. The van der Waals surface area contributed by atoms with Crippen molar-refractivity contribution >= 4 is 22.5 Å². The molecular weight excluding hydrogens is 284 g/mol. The number of amides is 1. The molecule has 0 bridgehead atoms. The summed E-state index contributed by atoms with van der Waals surface area (Å²) in [6.07, 6.45) is 5.22. The van der Waals surface area contributed by atoms with Crippen LogP contribution in [-0.2, 0) is 6.42 Å². The van der Waals surface area contributed by atoms with Gasteiger partial charge in [0.1, 0.15) is 0 Å². The van der Waals surface area contributed by atoms with E-state index in [4.69, 9.17) is 0 Å². The summed E-state index contributed by atoms with van der Waals surface area (Å²) in [5, 5.41) is 3.91. The first kappa shape index (κ1) is 15.2. The Hall–Kier alpha value is -2.68. The maximum absolute atomic E-state index is 12.4. The number of aromatic nitrogens is 1. The minimum atomic E-state index is -0.0999. The average Bonchev–Trinajstić information content (AvgIpc) is 2.60. The third kappa shape index (κ3) is 3.75. The third-order valence-electron chi connectivity index (χ3n) is 3.90. The molecule has 1 aromatic heterocycles. The fraction of sp³-hybridized carbons (Fsp3) is 0.200. The first-order valence-corrected chi connectivity index (χ1v) is 8.01. The van der Waals surface area contributed by atoms with Crippen LogP contribution in [0.25, 0.3) is 10.9 Å². The summed E-state index contributed by atoms with van der Waals surface area (Å²) < 4.78 is 0. The van der Waals surface area contributed by atoms with E-state index in [-0.39, 0.29) is 5.91 Å². The molecule has 0 aliphatic heterocycles. The van der Waals surface area contributed by atoms with Crippen LogP contribution in [-0.4, -0.2) is 10.9 Å². The molecule has 1 amide bonds. The third-order valence-corrected chi connectivity index (χ3v) is 3.90. The number of carbonyl (C=O) groups excluding carboxylic acids is 1. The molecule has 0 saturated carbocycles. The molecule has 116 valence electrons. The van der Waals surface area contributed by atoms with Crippen molar-refractivity contribution in [2.24, 2.45) is 0 Å². The van der Waals surface area contributed by atoms with Gasteiger partial charge in [0.25, 0.3) is 5.91 Å². The van der Waals surface area contributed by atoms with E-state index in [1.165, 1.54) is 18.4 Å². The molecule has 3 nitrogen and oxygen atoms in total. The van der Waals surface area contributed by atoms with Crippen LogP contribution in [0.4, 0.5) is 5.69 Å². The lowest BCUT2D eigenvalue weighted by Crippen LogP contribution is -2.11. The largest absolute Gasteiger partial charge is 0.322 e. The smallest absolute Gasteiger partial charge is 0.255 e. The van der Waals surface area contributed by atoms with Gasteiger partial charge in [-0.05, 0) is 54.8 Å². The second-order valence-corrected chi connectivity index (χ2v) is 5.67. The molecule has 23 heavy (non-hydrogen) atoms. The fourth-order valence-corrected chi connectivity index (χ4v) is 2.56. The SMILES string of the molecule is CCCCc1ccc(NC(=O)c2ccc3ncccc3c2)cc1. The zero-order chi connectivity index (χ0) is 16.1. The molecule has 0 spiro atoms. The van der Waals surface area contributed by atoms with Gasteiger partial charge in [-0.25, -0.2) is 0 Å². The Morgan fingerprint density at radius 1 is 1.09 bits per heavy atom. The van der Waals surface area contributed by atoms with Crippen LogP contribution >= 0.6 is 0 Å². The van der Waals surface area contributed by atoms with Crippen molar-refractivity contribution in [1.82, 2.24) is 4.98 Å². The van der Waals surface area contributed by atoms with E-state index in [1.54, 1.807) is 12.3 Å². The molecule has 1 heterocycles. The Morgan fingerprint density at radius 2 is 1.91 bits per heavy atom. The van der Waals surface area contributed by atoms with Gasteiger partial charge in [-0.2, -0.15) is 0 Å². The highest BCUT2D eigenvalue weighted by Gasteiger charge is 2.07. The van der Waals surface area contributed by atoms with E-state index in [9.17, 15) is 4.79 Å². The Bertz CT molecular complexity index is 809. The lowest BCUT2D eigenvalue weighted by molar-refractivity contribution is 0.102. The van der Waals surface area contributed by atoms with Gasteiger partial charge in [0, 0.05) is 22.8 Å². The van der Waals surface area contributed by atoms with Gasteiger partial charge in [-0.15, -0.1) is 0 Å². The number of nitrogens with zero attached hydrogens (tertiary/aromatic N) is 1. The number of benzene rings is 2. The summed E-state index contributed by atoms with van der Waals surface area (Å²) in [6.45, 7) is 2.19. The predicted molar refractivity (Wildman–Crippen MR) is 94.8 cm³/mol. The quantitative estimate of drug-likeness (QED) is 0.733. The van der Waals surface area contributed by atoms with Crippen molar-refractivity contribution in [2.75, 3.05) is 5.32 Å². The number of unbranched alkanes of at least 4 members (excludes halogenated alkanes) is 1. The zero-order valence-electron chi connectivity index (χ0n) is 13.3. The van der Waals surface area contributed by atoms with E-state index in [0.29, 0.717) is 5.56 Å². The van der Waals surface area contributed by atoms with Crippen molar-refractivity contribution in [3.63, 3.8) is 0 Å². The number of fused-ring (bicyclic) bond motifs is 1. The molecule has 0 unspecified atom stereocenters. The van der Waals surface area contributed by atoms with Gasteiger partial charge < -0.3 is 5.32 Å². The zero-order valence-corrected chi connectivity index (χ0v) is 13.3. The fourth-order valence-electron chi connectivity index (χ4n) is 2.56. The van der Waals surface area contributed by atoms with Gasteiger partial charge in [-0.3, -0.25) is 9.78 Å². The standard InChI is InChI=1S/C20H20N2O/c1-2-3-5-15-7-10-18(11-8-15)22-20(23)17-9-12-19-16(14-17)6-4-13-21-19/h4,6-14H,2-3,5H2,1H3,(H,22,23). The Balaban J connectivity index is 1.72. The Morgan fingerprint density at radius 3 is 2.70 bits per heavy atom. The highest BCUT2D eigenvalue weighted by Crippen LogP contribution is 2.16. The van der Waals surface area contributed by atoms with E-state index in [0.717, 1.165) is 23.0 Å². The minimum Gasteiger partial charge on any atom is -0.322 e. The highest BCUT2D eigenvalue weighted by atomic mass is 16.1. The summed E-state index contributed by atoms with van der Waals surface area (Å²) in [5.74, 6) is -0.0999. The van der Waals surface area contributed by atoms with E-state index in [1.807, 2.05) is 36.4 Å². The second kappa shape index (κ2) is 7.05. The molecule has 2 aromatic carbocycles. The van der Waals surface area contributed by atoms with Crippen molar-refractivity contribution in [3.05, 3.63) is 71.9 Å². The average molecular weight is 304 g/mol. The summed E-state index contributed by atoms with van der Waals surface area (Å²) in [4.78, 5) is 16.7. The maximum atomic E-state index is 12.4. The van der Waals surface area contributed by atoms with E-state index >= 15 is 0 Å². The molecule has 0 aliphatic rings. The second-order valence-electron chi connectivity index (χ2n) is 5.67. The number of carbonyl (C=O) groups is 1. The Kier molecular flexibility index (Phi) is 4.67. The molecule has 3 rings (SSSR count). The van der Waals surface area contributed by atoms with Gasteiger partial charge >= 0.3 is 0 Å². The summed E-state index contributed by atoms with van der Waals surface area (Å²) >= 11 is 0. The van der Waals surface area contributed by atoms with Crippen molar-refractivity contribution in [1.29, 1.82) is 0 Å². The van der Waals surface area contributed by atoms with E-state index < -0.39 is 0 Å². The minimum absolute atomic E-state index is 0.0999. The molecule has 3 heteroatoms. The van der Waals surface area contributed by atoms with Crippen LogP contribution < -0.4 is 5.32 Å². The number of aryl methyl sites for hydroxylation is 1. The molecular formula is C20H20N2O. The molecule has 1 N–H and O–H groups in total. The van der Waals surface area contributed by atoms with Crippen LogP contribution in [0.15, 0.2) is 60.8 Å². The molecule has 0 fully saturated rings. The van der Waals surface area contributed by atoms with Gasteiger partial charge in [0.15, 0.2) is 0 Å². The lowest BCUT2D eigenvalue weighted by Gasteiger charge is -2.07. The van der Waals surface area contributed by atoms with Crippen molar-refractivity contribution in [3.8, 4) is 0 Å². The van der Waals surface area contributed by atoms with Crippen molar-refractivity contribution < 1.29 is 4.79 Å². The molecule has 0 radical (unpaired) electrons. The first-order chi connectivity index (χ1) is 11.3. The predicted octanol–water partition coefficient (Wildman–Crippen LogP) is 4.83. The number of nitrogens with one attached hydrogen (secondary N) is 1. The van der Waals surface area contributed by atoms with Gasteiger partial charge in [-0.1, -0.05) is 31.5 Å². The molecule has 0 saturated heterocycles. The van der Waals surface area contributed by atoms with E-state index in [2.05, 4.69) is 29.4 Å². The summed E-state index contributed by atoms with van der Waals surface area (Å²) in [6, 6.07) is 17.5. The van der Waals surface area contributed by atoms with Crippen LogP contribution in [0.1, 0.15) is 35.7 Å². The maximum Gasteiger partial charge on any atom is 0.255 e. The van der Waals surface area contributed by atoms with Crippen LogP contribution in [0, 0.1) is 0 Å². The molecule has 0 aliphatic carbocycles. The van der Waals surface area contributed by atoms with Crippen LogP contribution in [0.5, 0.6) is 0 Å². The number of hydrogen-bond acceptors (Lipinski definition) is 2.